The standard InChI is InChI=1S/C19H35N3O2/c1-14(2)20-17(23)16(15-8-6-7-9-15)21-10-12-22(13-11-21)18(24)19(3,4)5/h14-16H,6-13H2,1-5H3,(H,20,23). The van der Waals surface area contributed by atoms with E-state index in [1.54, 1.807) is 0 Å². The quantitative estimate of drug-likeness (QED) is 0.856. The van der Waals surface area contributed by atoms with E-state index < -0.39 is 0 Å². The number of amides is 2. The maximum Gasteiger partial charge on any atom is 0.237 e. The van der Waals surface area contributed by atoms with Crippen LogP contribution in [0.5, 0.6) is 0 Å². The Balaban J connectivity index is 2.01. The monoisotopic (exact) mass is 337 g/mol. The number of carbonyl (C=O) groups excluding carboxylic acids is 2. The van der Waals surface area contributed by atoms with Crippen molar-refractivity contribution >= 4 is 11.8 Å². The van der Waals surface area contributed by atoms with Crippen LogP contribution in [0.2, 0.25) is 0 Å². The molecule has 1 heterocycles. The van der Waals surface area contributed by atoms with E-state index in [9.17, 15) is 9.59 Å². The van der Waals surface area contributed by atoms with E-state index in [1.165, 1.54) is 12.8 Å². The van der Waals surface area contributed by atoms with E-state index in [4.69, 9.17) is 0 Å². The van der Waals surface area contributed by atoms with Crippen molar-refractivity contribution < 1.29 is 9.59 Å². The SMILES string of the molecule is CC(C)NC(=O)C(C1CCCC1)N1CCN(C(=O)C(C)(C)C)CC1. The van der Waals surface area contributed by atoms with Gasteiger partial charge in [-0.1, -0.05) is 33.6 Å². The Morgan fingerprint density at radius 1 is 1.00 bits per heavy atom. The zero-order valence-electron chi connectivity index (χ0n) is 16.1. The summed E-state index contributed by atoms with van der Waals surface area (Å²) in [5.74, 6) is 0.854. The number of carbonyl (C=O) groups is 2. The van der Waals surface area contributed by atoms with E-state index in [2.05, 4.69) is 10.2 Å². The van der Waals surface area contributed by atoms with Crippen LogP contribution in [0.15, 0.2) is 0 Å². The summed E-state index contributed by atoms with van der Waals surface area (Å²) in [4.78, 5) is 29.5. The maximum absolute atomic E-state index is 12.8. The van der Waals surface area contributed by atoms with Crippen LogP contribution in [0, 0.1) is 11.3 Å². The fourth-order valence-corrected chi connectivity index (χ4v) is 4.00. The second kappa shape index (κ2) is 7.85. The molecule has 1 unspecified atom stereocenters. The molecule has 2 rings (SSSR count). The first kappa shape index (κ1) is 19.2. The summed E-state index contributed by atoms with van der Waals surface area (Å²) in [5.41, 5.74) is -0.331. The lowest BCUT2D eigenvalue weighted by Gasteiger charge is -2.42. The van der Waals surface area contributed by atoms with Crippen LogP contribution in [-0.4, -0.2) is 59.9 Å². The lowest BCUT2D eigenvalue weighted by molar-refractivity contribution is -0.142. The van der Waals surface area contributed by atoms with Crippen molar-refractivity contribution in [3.05, 3.63) is 0 Å². The van der Waals surface area contributed by atoms with Crippen molar-refractivity contribution in [3.63, 3.8) is 0 Å². The van der Waals surface area contributed by atoms with Crippen molar-refractivity contribution in [2.24, 2.45) is 11.3 Å². The van der Waals surface area contributed by atoms with E-state index >= 15 is 0 Å². The van der Waals surface area contributed by atoms with E-state index in [1.807, 2.05) is 39.5 Å². The van der Waals surface area contributed by atoms with Gasteiger partial charge in [0.25, 0.3) is 0 Å². The van der Waals surface area contributed by atoms with E-state index in [-0.39, 0.29) is 29.3 Å². The molecule has 1 atom stereocenters. The number of hydrogen-bond donors (Lipinski definition) is 1. The molecule has 1 aliphatic carbocycles. The van der Waals surface area contributed by atoms with Gasteiger partial charge in [0, 0.05) is 37.6 Å². The number of rotatable bonds is 4. The predicted molar refractivity (Wildman–Crippen MR) is 96.6 cm³/mol. The third-order valence-electron chi connectivity index (χ3n) is 5.18. The van der Waals surface area contributed by atoms with Crippen molar-refractivity contribution in [2.75, 3.05) is 26.2 Å². The smallest absolute Gasteiger partial charge is 0.237 e. The van der Waals surface area contributed by atoms with E-state index in [0.29, 0.717) is 5.92 Å². The number of piperazine rings is 1. The maximum atomic E-state index is 12.8. The normalized spacial score (nSPS) is 22.0. The van der Waals surface area contributed by atoms with Gasteiger partial charge in [-0.25, -0.2) is 0 Å². The fraction of sp³-hybridized carbons (Fsp3) is 0.895. The molecule has 1 saturated heterocycles. The van der Waals surface area contributed by atoms with Crippen molar-refractivity contribution in [3.8, 4) is 0 Å². The molecule has 5 heteroatoms. The van der Waals surface area contributed by atoms with Gasteiger partial charge >= 0.3 is 0 Å². The Hall–Kier alpha value is -1.10. The van der Waals surface area contributed by atoms with Crippen LogP contribution in [0.3, 0.4) is 0 Å². The Labute approximate surface area is 147 Å². The lowest BCUT2D eigenvalue weighted by Crippen LogP contribution is -2.59. The Morgan fingerprint density at radius 3 is 2.00 bits per heavy atom. The highest BCUT2D eigenvalue weighted by Crippen LogP contribution is 2.31. The summed E-state index contributed by atoms with van der Waals surface area (Å²) in [7, 11) is 0. The molecule has 0 aromatic heterocycles. The molecule has 24 heavy (non-hydrogen) atoms. The van der Waals surface area contributed by atoms with Crippen molar-refractivity contribution in [2.45, 2.75) is 72.4 Å². The fourth-order valence-electron chi connectivity index (χ4n) is 4.00. The molecule has 138 valence electrons. The summed E-state index contributed by atoms with van der Waals surface area (Å²) in [6.45, 7) is 13.0. The summed E-state index contributed by atoms with van der Waals surface area (Å²) in [6, 6.07) is 0.145. The summed E-state index contributed by atoms with van der Waals surface area (Å²) < 4.78 is 0. The van der Waals surface area contributed by atoms with Gasteiger partial charge in [0.15, 0.2) is 0 Å². The number of nitrogens with one attached hydrogen (secondary N) is 1. The summed E-state index contributed by atoms with van der Waals surface area (Å²) >= 11 is 0. The Kier molecular flexibility index (Phi) is 6.29. The van der Waals surface area contributed by atoms with Gasteiger partial charge < -0.3 is 10.2 Å². The average molecular weight is 338 g/mol. The molecular weight excluding hydrogens is 302 g/mol. The first-order chi connectivity index (χ1) is 11.2. The highest BCUT2D eigenvalue weighted by atomic mass is 16.2. The van der Waals surface area contributed by atoms with Gasteiger partial charge in [-0.05, 0) is 32.6 Å². The zero-order valence-corrected chi connectivity index (χ0v) is 16.1. The minimum atomic E-state index is -0.331. The average Bonchev–Trinajstić information content (AvgIpc) is 2.99. The molecular formula is C19H35N3O2. The molecule has 0 aromatic carbocycles. The van der Waals surface area contributed by atoms with Crippen molar-refractivity contribution in [1.29, 1.82) is 0 Å². The number of hydrogen-bond acceptors (Lipinski definition) is 3. The molecule has 0 bridgehead atoms. The second-order valence-electron chi connectivity index (χ2n) is 8.73. The van der Waals surface area contributed by atoms with Gasteiger partial charge in [0.1, 0.15) is 0 Å². The van der Waals surface area contributed by atoms with Crippen molar-refractivity contribution in [1.82, 2.24) is 15.1 Å². The molecule has 1 N–H and O–H groups in total. The molecule has 0 aromatic rings. The molecule has 0 radical (unpaired) electrons. The second-order valence-corrected chi connectivity index (χ2v) is 8.73. The van der Waals surface area contributed by atoms with Crippen LogP contribution < -0.4 is 5.32 Å². The minimum absolute atomic E-state index is 0.0261. The van der Waals surface area contributed by atoms with Crippen LogP contribution in [0.25, 0.3) is 0 Å². The molecule has 5 nitrogen and oxygen atoms in total. The first-order valence-corrected chi connectivity index (χ1v) is 9.54. The van der Waals surface area contributed by atoms with Gasteiger partial charge in [0.2, 0.25) is 11.8 Å². The highest BCUT2D eigenvalue weighted by Gasteiger charge is 2.38. The number of nitrogens with zero attached hydrogens (tertiary/aromatic N) is 2. The lowest BCUT2D eigenvalue weighted by atomic mass is 9.93. The van der Waals surface area contributed by atoms with Gasteiger partial charge in [-0.15, -0.1) is 0 Å². The molecule has 1 aliphatic heterocycles. The van der Waals surface area contributed by atoms with E-state index in [0.717, 1.165) is 39.0 Å². The van der Waals surface area contributed by atoms with Gasteiger partial charge in [-0.2, -0.15) is 0 Å². The molecule has 0 spiro atoms. The van der Waals surface area contributed by atoms with Crippen LogP contribution in [-0.2, 0) is 9.59 Å². The third-order valence-corrected chi connectivity index (χ3v) is 5.18. The third kappa shape index (κ3) is 4.71. The Bertz CT molecular complexity index is 442. The summed E-state index contributed by atoms with van der Waals surface area (Å²) in [5, 5.41) is 3.11. The predicted octanol–water partition coefficient (Wildman–Crippen LogP) is 2.26. The molecule has 2 fully saturated rings. The van der Waals surface area contributed by atoms with Crippen LogP contribution in [0.1, 0.15) is 60.3 Å². The minimum Gasteiger partial charge on any atom is -0.353 e. The molecule has 1 saturated carbocycles. The highest BCUT2D eigenvalue weighted by molar-refractivity contribution is 5.83. The molecule has 2 aliphatic rings. The van der Waals surface area contributed by atoms with Gasteiger partial charge in [0.05, 0.1) is 6.04 Å². The molecule has 2 amide bonds. The van der Waals surface area contributed by atoms with Crippen LogP contribution >= 0.6 is 0 Å². The Morgan fingerprint density at radius 2 is 1.54 bits per heavy atom. The topological polar surface area (TPSA) is 52.7 Å². The summed E-state index contributed by atoms with van der Waals surface area (Å²) in [6.07, 6.45) is 4.77. The zero-order chi connectivity index (χ0) is 17.9. The largest absolute Gasteiger partial charge is 0.353 e. The first-order valence-electron chi connectivity index (χ1n) is 9.54. The van der Waals surface area contributed by atoms with Gasteiger partial charge in [-0.3, -0.25) is 14.5 Å². The van der Waals surface area contributed by atoms with Crippen LogP contribution in [0.4, 0.5) is 0 Å².